The van der Waals surface area contributed by atoms with Gasteiger partial charge in [-0.3, -0.25) is 14.7 Å². The molecular formula is C21H43N5O. The normalized spacial score (nSPS) is 18.5. The van der Waals surface area contributed by atoms with Crippen LogP contribution in [0.2, 0.25) is 0 Å². The number of likely N-dealkylation sites (tertiary alicyclic amines) is 1. The van der Waals surface area contributed by atoms with Crippen molar-refractivity contribution in [3.63, 3.8) is 0 Å². The first-order valence-corrected chi connectivity index (χ1v) is 10.9. The Morgan fingerprint density at radius 3 is 2.48 bits per heavy atom. The van der Waals surface area contributed by atoms with Crippen LogP contribution in [-0.2, 0) is 4.79 Å². The number of piperidine rings is 1. The molecule has 0 aromatic rings. The topological polar surface area (TPSA) is 60.0 Å². The molecule has 1 unspecified atom stereocenters. The molecule has 1 heterocycles. The first-order chi connectivity index (χ1) is 12.9. The van der Waals surface area contributed by atoms with Gasteiger partial charge in [0.25, 0.3) is 0 Å². The molecule has 1 aliphatic heterocycles. The van der Waals surface area contributed by atoms with Crippen molar-refractivity contribution in [3.05, 3.63) is 0 Å². The van der Waals surface area contributed by atoms with Crippen LogP contribution < -0.4 is 10.6 Å². The SMILES string of the molecule is CCNC(=NCCCN(C(C)C)C(C)C)NCCC(=O)N1CCCCC1C. The summed E-state index contributed by atoms with van der Waals surface area (Å²) in [6.07, 6.45) is 5.08. The van der Waals surface area contributed by atoms with Gasteiger partial charge in [0.1, 0.15) is 0 Å². The fourth-order valence-corrected chi connectivity index (χ4v) is 3.80. The Hall–Kier alpha value is -1.30. The second-order valence-electron chi connectivity index (χ2n) is 8.15. The minimum absolute atomic E-state index is 0.259. The van der Waals surface area contributed by atoms with E-state index in [1.54, 1.807) is 0 Å². The summed E-state index contributed by atoms with van der Waals surface area (Å²) in [4.78, 5) is 21.6. The summed E-state index contributed by atoms with van der Waals surface area (Å²) in [5.74, 6) is 1.08. The monoisotopic (exact) mass is 381 g/mol. The van der Waals surface area contributed by atoms with Gasteiger partial charge in [-0.05, 0) is 67.2 Å². The number of carbonyl (C=O) groups is 1. The molecule has 1 fully saturated rings. The van der Waals surface area contributed by atoms with Crippen LogP contribution in [0, 0.1) is 0 Å². The fourth-order valence-electron chi connectivity index (χ4n) is 3.80. The molecule has 0 aromatic carbocycles. The van der Waals surface area contributed by atoms with Crippen molar-refractivity contribution in [1.29, 1.82) is 0 Å². The van der Waals surface area contributed by atoms with Crippen molar-refractivity contribution < 1.29 is 4.79 Å². The minimum atomic E-state index is 0.259. The fraction of sp³-hybridized carbons (Fsp3) is 0.905. The van der Waals surface area contributed by atoms with Gasteiger partial charge in [0.15, 0.2) is 5.96 Å². The summed E-state index contributed by atoms with van der Waals surface area (Å²) < 4.78 is 0. The van der Waals surface area contributed by atoms with E-state index in [4.69, 9.17) is 0 Å². The number of guanidine groups is 1. The maximum Gasteiger partial charge on any atom is 0.224 e. The molecule has 1 atom stereocenters. The van der Waals surface area contributed by atoms with E-state index in [1.807, 2.05) is 4.90 Å². The van der Waals surface area contributed by atoms with E-state index >= 15 is 0 Å². The highest BCUT2D eigenvalue weighted by molar-refractivity contribution is 5.81. The largest absolute Gasteiger partial charge is 0.357 e. The summed E-state index contributed by atoms with van der Waals surface area (Å²) >= 11 is 0. The zero-order chi connectivity index (χ0) is 20.2. The number of nitrogens with zero attached hydrogens (tertiary/aromatic N) is 3. The first-order valence-electron chi connectivity index (χ1n) is 10.9. The highest BCUT2D eigenvalue weighted by atomic mass is 16.2. The van der Waals surface area contributed by atoms with Gasteiger partial charge in [-0.25, -0.2) is 0 Å². The summed E-state index contributed by atoms with van der Waals surface area (Å²) in [5, 5.41) is 6.60. The van der Waals surface area contributed by atoms with Crippen LogP contribution in [0.4, 0.5) is 0 Å². The second-order valence-corrected chi connectivity index (χ2v) is 8.15. The molecule has 2 N–H and O–H groups in total. The second kappa shape index (κ2) is 13.0. The van der Waals surface area contributed by atoms with Gasteiger partial charge in [0, 0.05) is 57.3 Å². The van der Waals surface area contributed by atoms with Gasteiger partial charge in [0.05, 0.1) is 0 Å². The maximum absolute atomic E-state index is 12.4. The van der Waals surface area contributed by atoms with E-state index in [2.05, 4.69) is 62.1 Å². The summed E-state index contributed by atoms with van der Waals surface area (Å²) in [7, 11) is 0. The van der Waals surface area contributed by atoms with Crippen LogP contribution in [0.3, 0.4) is 0 Å². The number of hydrogen-bond donors (Lipinski definition) is 2. The van der Waals surface area contributed by atoms with Crippen LogP contribution in [0.1, 0.15) is 73.6 Å². The molecule has 0 bridgehead atoms. The van der Waals surface area contributed by atoms with Gasteiger partial charge in [-0.1, -0.05) is 0 Å². The molecular weight excluding hydrogens is 338 g/mol. The van der Waals surface area contributed by atoms with Gasteiger partial charge in [-0.2, -0.15) is 0 Å². The lowest BCUT2D eigenvalue weighted by atomic mass is 10.0. The Labute approximate surface area is 167 Å². The standard InChI is InChI=1S/C21H43N5O/c1-7-22-21(23-13-10-16-25(17(2)3)18(4)5)24-14-12-20(27)26-15-9-8-11-19(26)6/h17-19H,7-16H2,1-6H3,(H2,22,23,24). The van der Waals surface area contributed by atoms with E-state index < -0.39 is 0 Å². The van der Waals surface area contributed by atoms with Crippen molar-refractivity contribution in [2.45, 2.75) is 91.8 Å². The molecule has 0 saturated carbocycles. The molecule has 0 aromatic heterocycles. The molecule has 1 rings (SSSR count). The lowest BCUT2D eigenvalue weighted by Gasteiger charge is -2.33. The average molecular weight is 382 g/mol. The van der Waals surface area contributed by atoms with Gasteiger partial charge in [0.2, 0.25) is 5.91 Å². The number of aliphatic imine (C=N–C) groups is 1. The van der Waals surface area contributed by atoms with Crippen LogP contribution in [0.25, 0.3) is 0 Å². The number of nitrogens with one attached hydrogen (secondary N) is 2. The molecule has 27 heavy (non-hydrogen) atoms. The molecule has 158 valence electrons. The van der Waals surface area contributed by atoms with Crippen molar-refractivity contribution >= 4 is 11.9 Å². The highest BCUT2D eigenvalue weighted by Crippen LogP contribution is 2.16. The zero-order valence-electron chi connectivity index (χ0n) is 18.6. The predicted molar refractivity (Wildman–Crippen MR) is 115 cm³/mol. The van der Waals surface area contributed by atoms with Crippen LogP contribution in [0.15, 0.2) is 4.99 Å². The van der Waals surface area contributed by atoms with E-state index in [1.165, 1.54) is 6.42 Å². The van der Waals surface area contributed by atoms with E-state index in [0.29, 0.717) is 31.1 Å². The number of carbonyl (C=O) groups excluding carboxylic acids is 1. The Bertz CT molecular complexity index is 442. The van der Waals surface area contributed by atoms with Crippen molar-refractivity contribution in [2.75, 3.05) is 32.7 Å². The summed E-state index contributed by atoms with van der Waals surface area (Å²) in [5.41, 5.74) is 0. The molecule has 6 nitrogen and oxygen atoms in total. The Balaban J connectivity index is 2.37. The van der Waals surface area contributed by atoms with Gasteiger partial charge in [-0.15, -0.1) is 0 Å². The van der Waals surface area contributed by atoms with Gasteiger partial charge >= 0.3 is 0 Å². The molecule has 0 radical (unpaired) electrons. The van der Waals surface area contributed by atoms with Crippen LogP contribution >= 0.6 is 0 Å². The van der Waals surface area contributed by atoms with Gasteiger partial charge < -0.3 is 15.5 Å². The number of rotatable bonds is 10. The van der Waals surface area contributed by atoms with Crippen molar-refractivity contribution in [1.82, 2.24) is 20.4 Å². The lowest BCUT2D eigenvalue weighted by Crippen LogP contribution is -2.44. The Morgan fingerprint density at radius 2 is 1.89 bits per heavy atom. The maximum atomic E-state index is 12.4. The summed E-state index contributed by atoms with van der Waals surface area (Å²) in [6, 6.07) is 1.50. The smallest absolute Gasteiger partial charge is 0.224 e. The molecule has 1 aliphatic rings. The quantitative estimate of drug-likeness (QED) is 0.347. The molecule has 0 spiro atoms. The minimum Gasteiger partial charge on any atom is -0.357 e. The highest BCUT2D eigenvalue weighted by Gasteiger charge is 2.22. The third-order valence-corrected chi connectivity index (χ3v) is 5.27. The Morgan fingerprint density at radius 1 is 1.19 bits per heavy atom. The van der Waals surface area contributed by atoms with E-state index in [0.717, 1.165) is 51.4 Å². The van der Waals surface area contributed by atoms with E-state index in [9.17, 15) is 4.79 Å². The molecule has 1 amide bonds. The third-order valence-electron chi connectivity index (χ3n) is 5.27. The predicted octanol–water partition coefficient (Wildman–Crippen LogP) is 2.84. The number of amides is 1. The van der Waals surface area contributed by atoms with Crippen LogP contribution in [0.5, 0.6) is 0 Å². The third kappa shape index (κ3) is 8.96. The van der Waals surface area contributed by atoms with Crippen molar-refractivity contribution in [2.24, 2.45) is 4.99 Å². The molecule has 6 heteroatoms. The lowest BCUT2D eigenvalue weighted by molar-refractivity contribution is -0.134. The molecule has 1 saturated heterocycles. The zero-order valence-corrected chi connectivity index (χ0v) is 18.6. The Kier molecular flexibility index (Phi) is 11.4. The average Bonchev–Trinajstić information content (AvgIpc) is 2.61. The van der Waals surface area contributed by atoms with Crippen LogP contribution in [-0.4, -0.2) is 72.5 Å². The van der Waals surface area contributed by atoms with Crippen molar-refractivity contribution in [3.8, 4) is 0 Å². The summed E-state index contributed by atoms with van der Waals surface area (Å²) in [6.45, 7) is 17.4. The number of hydrogen-bond acceptors (Lipinski definition) is 3. The molecule has 0 aliphatic carbocycles. The van der Waals surface area contributed by atoms with E-state index in [-0.39, 0.29) is 5.91 Å². The first kappa shape index (κ1) is 23.7.